The van der Waals surface area contributed by atoms with Crippen LogP contribution in [0.4, 0.5) is 0 Å². The van der Waals surface area contributed by atoms with E-state index in [0.717, 1.165) is 28.3 Å². The van der Waals surface area contributed by atoms with E-state index in [1.165, 1.54) is 0 Å². The zero-order valence-electron chi connectivity index (χ0n) is 11.1. The Kier molecular flexibility index (Phi) is 4.40. The Bertz CT molecular complexity index is 553. The third-order valence-corrected chi connectivity index (χ3v) is 3.27. The van der Waals surface area contributed by atoms with E-state index in [-0.39, 0.29) is 6.04 Å². The average Bonchev–Trinajstić information content (AvgIpc) is 2.41. The van der Waals surface area contributed by atoms with Crippen LogP contribution in [-0.4, -0.2) is 4.98 Å². The van der Waals surface area contributed by atoms with Gasteiger partial charge in [0.05, 0.1) is 0 Å². The molecule has 0 spiro atoms. The van der Waals surface area contributed by atoms with E-state index in [0.29, 0.717) is 5.88 Å². The van der Waals surface area contributed by atoms with Gasteiger partial charge in [0.2, 0.25) is 5.88 Å². The van der Waals surface area contributed by atoms with Crippen LogP contribution >= 0.6 is 11.6 Å². The molecule has 2 rings (SSSR count). The molecule has 2 aromatic rings. The van der Waals surface area contributed by atoms with Crippen molar-refractivity contribution < 1.29 is 4.74 Å². The molecular weight excluding hydrogens is 260 g/mol. The number of benzene rings is 1. The number of aromatic nitrogens is 1. The third-order valence-electron chi connectivity index (χ3n) is 2.91. The van der Waals surface area contributed by atoms with Gasteiger partial charge in [-0.15, -0.1) is 0 Å². The number of ether oxygens (including phenoxy) is 1. The minimum Gasteiger partial charge on any atom is -0.439 e. The first kappa shape index (κ1) is 13.8. The second-order valence-corrected chi connectivity index (χ2v) is 4.83. The molecule has 0 amide bonds. The summed E-state index contributed by atoms with van der Waals surface area (Å²) in [6.45, 7) is 3.98. The molecule has 0 aliphatic heterocycles. The van der Waals surface area contributed by atoms with Crippen LogP contribution in [0.2, 0.25) is 5.02 Å². The lowest BCUT2D eigenvalue weighted by molar-refractivity contribution is 0.461. The van der Waals surface area contributed by atoms with Gasteiger partial charge in [-0.1, -0.05) is 24.6 Å². The van der Waals surface area contributed by atoms with E-state index >= 15 is 0 Å². The predicted molar refractivity (Wildman–Crippen MR) is 77.7 cm³/mol. The highest BCUT2D eigenvalue weighted by Gasteiger charge is 2.04. The molecule has 0 radical (unpaired) electrons. The summed E-state index contributed by atoms with van der Waals surface area (Å²) in [6.07, 6.45) is 2.60. The maximum absolute atomic E-state index is 6.07. The van der Waals surface area contributed by atoms with Crippen molar-refractivity contribution in [3.8, 4) is 11.6 Å². The maximum atomic E-state index is 6.07. The van der Waals surface area contributed by atoms with Gasteiger partial charge in [-0.05, 0) is 42.7 Å². The molecular formula is C15H17ClN2O. The van der Waals surface area contributed by atoms with Crippen molar-refractivity contribution in [1.29, 1.82) is 0 Å². The number of nitrogens with zero attached hydrogens (tertiary/aromatic N) is 1. The highest BCUT2D eigenvalue weighted by atomic mass is 35.5. The highest BCUT2D eigenvalue weighted by molar-refractivity contribution is 6.31. The van der Waals surface area contributed by atoms with Crippen molar-refractivity contribution in [3.63, 3.8) is 0 Å². The average molecular weight is 277 g/mol. The van der Waals surface area contributed by atoms with Crippen LogP contribution in [-0.2, 0) is 6.42 Å². The smallest absolute Gasteiger partial charge is 0.219 e. The molecule has 0 fully saturated rings. The fraction of sp³-hybridized carbons (Fsp3) is 0.267. The summed E-state index contributed by atoms with van der Waals surface area (Å²) in [5.74, 6) is 1.29. The van der Waals surface area contributed by atoms with Crippen molar-refractivity contribution in [2.24, 2.45) is 5.73 Å². The second kappa shape index (κ2) is 6.04. The van der Waals surface area contributed by atoms with Crippen molar-refractivity contribution >= 4 is 11.6 Å². The van der Waals surface area contributed by atoms with E-state index in [2.05, 4.69) is 11.9 Å². The number of rotatable bonds is 4. The summed E-state index contributed by atoms with van der Waals surface area (Å²) >= 11 is 6.07. The summed E-state index contributed by atoms with van der Waals surface area (Å²) in [7, 11) is 0. The molecule has 1 aromatic heterocycles. The first-order chi connectivity index (χ1) is 9.10. The van der Waals surface area contributed by atoms with Crippen LogP contribution in [0, 0.1) is 0 Å². The minimum absolute atomic E-state index is 0.0243. The number of pyridine rings is 1. The fourth-order valence-corrected chi connectivity index (χ4v) is 1.98. The Morgan fingerprint density at radius 3 is 2.68 bits per heavy atom. The molecule has 19 heavy (non-hydrogen) atoms. The van der Waals surface area contributed by atoms with Crippen LogP contribution in [0.25, 0.3) is 0 Å². The lowest BCUT2D eigenvalue weighted by Crippen LogP contribution is -2.05. The van der Waals surface area contributed by atoms with Crippen LogP contribution in [0.5, 0.6) is 11.6 Å². The molecule has 0 aliphatic rings. The Morgan fingerprint density at radius 2 is 2.11 bits per heavy atom. The van der Waals surface area contributed by atoms with Crippen molar-refractivity contribution in [2.45, 2.75) is 26.3 Å². The monoisotopic (exact) mass is 276 g/mol. The van der Waals surface area contributed by atoms with E-state index in [9.17, 15) is 0 Å². The van der Waals surface area contributed by atoms with E-state index in [1.807, 2.05) is 37.3 Å². The van der Waals surface area contributed by atoms with Gasteiger partial charge < -0.3 is 10.5 Å². The molecule has 2 N–H and O–H groups in total. The molecule has 1 atom stereocenters. The normalized spacial score (nSPS) is 12.2. The van der Waals surface area contributed by atoms with Crippen molar-refractivity contribution in [3.05, 3.63) is 52.7 Å². The molecule has 1 aromatic carbocycles. The first-order valence-corrected chi connectivity index (χ1v) is 6.65. The fourth-order valence-electron chi connectivity index (χ4n) is 1.73. The standard InChI is InChI=1S/C15H17ClN2O/c1-3-11-8-13(5-6-14(11)16)19-15-7-4-12(9-18-15)10(2)17/h4-10H,3,17H2,1-2H3/t10-/m1/s1. The van der Waals surface area contributed by atoms with E-state index in [1.54, 1.807) is 6.20 Å². The van der Waals surface area contributed by atoms with Gasteiger partial charge in [-0.3, -0.25) is 0 Å². The van der Waals surface area contributed by atoms with Gasteiger partial charge in [0, 0.05) is 23.3 Å². The zero-order chi connectivity index (χ0) is 13.8. The minimum atomic E-state index is -0.0243. The lowest BCUT2D eigenvalue weighted by atomic mass is 10.1. The molecule has 1 heterocycles. The van der Waals surface area contributed by atoms with Gasteiger partial charge in [0.25, 0.3) is 0 Å². The van der Waals surface area contributed by atoms with Crippen LogP contribution in [0.15, 0.2) is 36.5 Å². The van der Waals surface area contributed by atoms with E-state index in [4.69, 9.17) is 22.1 Å². The number of nitrogens with two attached hydrogens (primary N) is 1. The number of halogens is 1. The van der Waals surface area contributed by atoms with Gasteiger partial charge >= 0.3 is 0 Å². The molecule has 0 aliphatic carbocycles. The van der Waals surface area contributed by atoms with Gasteiger partial charge in [0.1, 0.15) is 5.75 Å². The Labute approximate surface area is 118 Å². The molecule has 0 saturated carbocycles. The molecule has 0 unspecified atom stereocenters. The van der Waals surface area contributed by atoms with Crippen LogP contribution < -0.4 is 10.5 Å². The summed E-state index contributed by atoms with van der Waals surface area (Å²) in [6, 6.07) is 9.32. The van der Waals surface area contributed by atoms with Gasteiger partial charge in [0.15, 0.2) is 0 Å². The second-order valence-electron chi connectivity index (χ2n) is 4.43. The quantitative estimate of drug-likeness (QED) is 0.914. The van der Waals surface area contributed by atoms with E-state index < -0.39 is 0 Å². The third kappa shape index (κ3) is 3.46. The Hall–Kier alpha value is -1.58. The predicted octanol–water partition coefficient (Wildman–Crippen LogP) is 4.11. The highest BCUT2D eigenvalue weighted by Crippen LogP contribution is 2.26. The van der Waals surface area contributed by atoms with Crippen molar-refractivity contribution in [1.82, 2.24) is 4.98 Å². The Morgan fingerprint density at radius 1 is 1.32 bits per heavy atom. The number of aryl methyl sites for hydroxylation is 1. The Balaban J connectivity index is 2.16. The first-order valence-electron chi connectivity index (χ1n) is 6.28. The topological polar surface area (TPSA) is 48.1 Å². The molecule has 0 bridgehead atoms. The van der Waals surface area contributed by atoms with Gasteiger partial charge in [-0.25, -0.2) is 4.98 Å². The molecule has 4 heteroatoms. The van der Waals surface area contributed by atoms with Crippen LogP contribution in [0.3, 0.4) is 0 Å². The number of hydrogen-bond acceptors (Lipinski definition) is 3. The summed E-state index contributed by atoms with van der Waals surface area (Å²) < 4.78 is 5.70. The van der Waals surface area contributed by atoms with Crippen molar-refractivity contribution in [2.75, 3.05) is 0 Å². The number of hydrogen-bond donors (Lipinski definition) is 1. The van der Waals surface area contributed by atoms with Gasteiger partial charge in [-0.2, -0.15) is 0 Å². The summed E-state index contributed by atoms with van der Waals surface area (Å²) in [5.41, 5.74) is 7.82. The summed E-state index contributed by atoms with van der Waals surface area (Å²) in [5, 5.41) is 0.759. The molecule has 100 valence electrons. The summed E-state index contributed by atoms with van der Waals surface area (Å²) in [4.78, 5) is 4.24. The SMILES string of the molecule is CCc1cc(Oc2ccc([C@@H](C)N)cn2)ccc1Cl. The maximum Gasteiger partial charge on any atom is 0.219 e. The molecule has 0 saturated heterocycles. The molecule has 3 nitrogen and oxygen atoms in total. The largest absolute Gasteiger partial charge is 0.439 e. The van der Waals surface area contributed by atoms with Crippen LogP contribution in [0.1, 0.15) is 31.0 Å². The lowest BCUT2D eigenvalue weighted by Gasteiger charge is -2.09. The zero-order valence-corrected chi connectivity index (χ0v) is 11.8.